The Morgan fingerprint density at radius 2 is 1.89 bits per heavy atom. The molecule has 0 amide bonds. The van der Waals surface area contributed by atoms with Gasteiger partial charge in [0.1, 0.15) is 4.90 Å². The highest BCUT2D eigenvalue weighted by Crippen LogP contribution is 2.30. The third-order valence-corrected chi connectivity index (χ3v) is 3.29. The largest absolute Gasteiger partial charge is 0.370 e. The molecule has 0 spiro atoms. The predicted molar refractivity (Wildman–Crippen MR) is 73.1 cm³/mol. The van der Waals surface area contributed by atoms with E-state index in [1.807, 2.05) is 0 Å². The average molecular weight is 306 g/mol. The lowest BCUT2D eigenvalue weighted by molar-refractivity contribution is 0.483. The van der Waals surface area contributed by atoms with Crippen LogP contribution in [0.15, 0.2) is 27.0 Å². The lowest BCUT2D eigenvalue weighted by Crippen LogP contribution is -2.26. The molecule has 104 valence electrons. The van der Waals surface area contributed by atoms with Crippen LogP contribution in [0.4, 0.5) is 5.69 Å². The number of aryl methyl sites for hydroxylation is 1. The van der Waals surface area contributed by atoms with E-state index in [4.69, 9.17) is 33.4 Å². The summed E-state index contributed by atoms with van der Waals surface area (Å²) in [5.41, 5.74) is 15.9. The van der Waals surface area contributed by atoms with Gasteiger partial charge in [0.15, 0.2) is 5.96 Å². The van der Waals surface area contributed by atoms with Crippen LogP contribution in [0.2, 0.25) is 5.02 Å². The molecule has 0 aromatic heterocycles. The van der Waals surface area contributed by atoms with Crippen LogP contribution in [0.25, 0.3) is 0 Å². The van der Waals surface area contributed by atoms with Crippen LogP contribution >= 0.6 is 11.6 Å². The summed E-state index contributed by atoms with van der Waals surface area (Å²) in [7, 11) is -4.48. The molecule has 0 radical (unpaired) electrons. The minimum atomic E-state index is -4.48. The van der Waals surface area contributed by atoms with E-state index in [9.17, 15) is 8.42 Å². The van der Waals surface area contributed by atoms with Crippen molar-refractivity contribution in [1.29, 1.82) is 0 Å². The molecule has 0 bridgehead atoms. The molecule has 7 N–H and O–H groups in total. The maximum absolute atomic E-state index is 11.2. The molecule has 1 rings (SSSR count). The Bertz CT molecular complexity index is 665. The van der Waals surface area contributed by atoms with Crippen molar-refractivity contribution in [1.82, 2.24) is 0 Å². The van der Waals surface area contributed by atoms with E-state index in [0.29, 0.717) is 5.56 Å². The first-order chi connectivity index (χ1) is 8.61. The minimum Gasteiger partial charge on any atom is -0.370 e. The molecule has 0 atom stereocenters. The van der Waals surface area contributed by atoms with Crippen LogP contribution in [-0.2, 0) is 10.1 Å². The molecule has 0 heterocycles. The summed E-state index contributed by atoms with van der Waals surface area (Å²) >= 11 is 5.85. The van der Waals surface area contributed by atoms with Crippen LogP contribution in [-0.4, -0.2) is 24.9 Å². The highest BCUT2D eigenvalue weighted by molar-refractivity contribution is 7.86. The lowest BCUT2D eigenvalue weighted by Gasteiger charge is -2.06. The molecule has 0 saturated heterocycles. The Balaban J connectivity index is 3.51. The summed E-state index contributed by atoms with van der Waals surface area (Å²) in [4.78, 5) is 6.68. The van der Waals surface area contributed by atoms with Crippen LogP contribution < -0.4 is 17.2 Å². The topological polar surface area (TPSA) is 157 Å². The van der Waals surface area contributed by atoms with Gasteiger partial charge in [0.25, 0.3) is 10.1 Å². The van der Waals surface area contributed by atoms with Crippen molar-refractivity contribution in [3.05, 3.63) is 22.7 Å². The fourth-order valence-electron chi connectivity index (χ4n) is 1.22. The second-order valence-corrected chi connectivity index (χ2v) is 5.35. The third-order valence-electron chi connectivity index (χ3n) is 2.00. The first-order valence-corrected chi connectivity index (χ1v) is 6.64. The van der Waals surface area contributed by atoms with Gasteiger partial charge in [0, 0.05) is 5.02 Å². The second kappa shape index (κ2) is 5.43. The van der Waals surface area contributed by atoms with Crippen LogP contribution in [0.1, 0.15) is 5.56 Å². The second-order valence-electron chi connectivity index (χ2n) is 3.55. The molecule has 1 aromatic carbocycles. The number of halogens is 1. The van der Waals surface area contributed by atoms with Gasteiger partial charge >= 0.3 is 0 Å². The van der Waals surface area contributed by atoms with Gasteiger partial charge in [-0.25, -0.2) is 4.99 Å². The highest BCUT2D eigenvalue weighted by atomic mass is 35.5. The summed E-state index contributed by atoms with van der Waals surface area (Å²) in [6.07, 6.45) is 0. The zero-order valence-corrected chi connectivity index (χ0v) is 11.4. The molecule has 0 saturated carbocycles. The molecule has 0 aliphatic heterocycles. The summed E-state index contributed by atoms with van der Waals surface area (Å²) in [6, 6.07) is 2.40. The first-order valence-electron chi connectivity index (χ1n) is 4.82. The normalized spacial score (nSPS) is 12.3. The van der Waals surface area contributed by atoms with E-state index < -0.39 is 15.0 Å². The Hall–Kier alpha value is -1.84. The number of nitrogens with zero attached hydrogens (tertiary/aromatic N) is 2. The number of hydrogen-bond donors (Lipinski definition) is 4. The van der Waals surface area contributed by atoms with Gasteiger partial charge in [0.2, 0.25) is 5.96 Å². The molecule has 0 aliphatic carbocycles. The smallest absolute Gasteiger partial charge is 0.296 e. The zero-order chi connectivity index (χ0) is 14.8. The van der Waals surface area contributed by atoms with E-state index in [2.05, 4.69) is 9.98 Å². The Labute approximate surface area is 114 Å². The Morgan fingerprint density at radius 3 is 2.37 bits per heavy atom. The van der Waals surface area contributed by atoms with Crippen molar-refractivity contribution in [2.45, 2.75) is 11.8 Å². The number of benzene rings is 1. The van der Waals surface area contributed by atoms with Crippen molar-refractivity contribution < 1.29 is 13.0 Å². The predicted octanol–water partition coefficient (Wildman–Crippen LogP) is 0.115. The van der Waals surface area contributed by atoms with E-state index in [1.54, 1.807) is 6.92 Å². The standard InChI is InChI=1S/C9H12ClN5O3S/c1-4-2-7(19(16,17)18)6(3-5(4)10)14-9(13)15-8(11)12/h2-3H,1H3,(H,16,17,18)(H6,11,12,13,14,15). The monoisotopic (exact) mass is 305 g/mol. The molecule has 10 heteroatoms. The van der Waals surface area contributed by atoms with Gasteiger partial charge < -0.3 is 17.2 Å². The van der Waals surface area contributed by atoms with Crippen molar-refractivity contribution in [3.8, 4) is 0 Å². The lowest BCUT2D eigenvalue weighted by atomic mass is 10.2. The maximum Gasteiger partial charge on any atom is 0.296 e. The summed E-state index contributed by atoms with van der Waals surface area (Å²) in [5, 5.41) is 0.253. The number of rotatable bonds is 2. The molecular weight excluding hydrogens is 294 g/mol. The molecule has 0 fully saturated rings. The summed E-state index contributed by atoms with van der Waals surface area (Å²) in [5.74, 6) is -0.710. The van der Waals surface area contributed by atoms with Gasteiger partial charge in [-0.05, 0) is 24.6 Å². The first kappa shape index (κ1) is 15.2. The number of aliphatic imine (C=N–C) groups is 2. The molecule has 1 aromatic rings. The fraction of sp³-hybridized carbons (Fsp3) is 0.111. The van der Waals surface area contributed by atoms with Crippen molar-refractivity contribution in [2.24, 2.45) is 27.2 Å². The summed E-state index contributed by atoms with van der Waals surface area (Å²) < 4.78 is 31.6. The van der Waals surface area contributed by atoms with Gasteiger partial charge in [-0.3, -0.25) is 4.55 Å². The van der Waals surface area contributed by atoms with Gasteiger partial charge in [-0.1, -0.05) is 11.6 Å². The fourth-order valence-corrected chi connectivity index (χ4v) is 2.07. The van der Waals surface area contributed by atoms with Gasteiger partial charge in [-0.2, -0.15) is 13.4 Å². The SMILES string of the molecule is Cc1cc(S(=O)(=O)O)c(N=C(N)N=C(N)N)cc1Cl. The van der Waals surface area contributed by atoms with E-state index in [1.165, 1.54) is 12.1 Å². The molecule has 0 aliphatic rings. The van der Waals surface area contributed by atoms with Crippen LogP contribution in [0, 0.1) is 6.92 Å². The molecule has 8 nitrogen and oxygen atoms in total. The number of hydrogen-bond acceptors (Lipinski definition) is 3. The molecule has 19 heavy (non-hydrogen) atoms. The van der Waals surface area contributed by atoms with Crippen LogP contribution in [0.5, 0.6) is 0 Å². The minimum absolute atomic E-state index is 0.166. The van der Waals surface area contributed by atoms with E-state index in [-0.39, 0.29) is 22.6 Å². The van der Waals surface area contributed by atoms with Crippen LogP contribution in [0.3, 0.4) is 0 Å². The third kappa shape index (κ3) is 4.09. The Kier molecular flexibility index (Phi) is 4.35. The maximum atomic E-state index is 11.2. The zero-order valence-electron chi connectivity index (χ0n) is 9.83. The highest BCUT2D eigenvalue weighted by Gasteiger charge is 2.17. The van der Waals surface area contributed by atoms with E-state index in [0.717, 1.165) is 0 Å². The van der Waals surface area contributed by atoms with Crippen molar-refractivity contribution in [2.75, 3.05) is 0 Å². The van der Waals surface area contributed by atoms with E-state index >= 15 is 0 Å². The summed E-state index contributed by atoms with van der Waals surface area (Å²) in [6.45, 7) is 1.57. The molecule has 0 unspecified atom stereocenters. The number of guanidine groups is 2. The van der Waals surface area contributed by atoms with Crippen molar-refractivity contribution >= 4 is 39.3 Å². The number of nitrogens with two attached hydrogens (primary N) is 3. The molecular formula is C9H12ClN5O3S. The Morgan fingerprint density at radius 1 is 1.32 bits per heavy atom. The quantitative estimate of drug-likeness (QED) is 0.345. The van der Waals surface area contributed by atoms with Gasteiger partial charge in [-0.15, -0.1) is 0 Å². The average Bonchev–Trinajstić information content (AvgIpc) is 2.20. The van der Waals surface area contributed by atoms with Crippen molar-refractivity contribution in [3.63, 3.8) is 0 Å². The van der Waals surface area contributed by atoms with Gasteiger partial charge in [0.05, 0.1) is 5.69 Å².